The second kappa shape index (κ2) is 7.48. The summed E-state index contributed by atoms with van der Waals surface area (Å²) in [5.41, 5.74) is 1.77. The molecule has 0 spiro atoms. The molecule has 0 aliphatic carbocycles. The quantitative estimate of drug-likeness (QED) is 0.794. The first-order chi connectivity index (χ1) is 12.9. The Labute approximate surface area is 158 Å². The number of nitrogens with zero attached hydrogens (tertiary/aromatic N) is 2. The Balaban J connectivity index is 1.76. The average Bonchev–Trinajstić information content (AvgIpc) is 2.89. The molecule has 27 heavy (non-hydrogen) atoms. The van der Waals surface area contributed by atoms with Gasteiger partial charge in [-0.15, -0.1) is 0 Å². The fourth-order valence-corrected chi connectivity index (χ4v) is 3.42. The Hall–Kier alpha value is -2.73. The van der Waals surface area contributed by atoms with Crippen LogP contribution in [0.25, 0.3) is 0 Å². The lowest BCUT2D eigenvalue weighted by atomic mass is 9.87. The molecule has 0 saturated carbocycles. The van der Waals surface area contributed by atoms with Crippen LogP contribution in [0, 0.1) is 12.7 Å². The van der Waals surface area contributed by atoms with Gasteiger partial charge in [0.15, 0.2) is 0 Å². The zero-order valence-electron chi connectivity index (χ0n) is 15.8. The van der Waals surface area contributed by atoms with Gasteiger partial charge in [-0.3, -0.25) is 9.69 Å². The smallest absolute Gasteiger partial charge is 0.319 e. The van der Waals surface area contributed by atoms with Gasteiger partial charge in [0.1, 0.15) is 11.4 Å². The van der Waals surface area contributed by atoms with Crippen molar-refractivity contribution in [2.45, 2.75) is 32.4 Å². The van der Waals surface area contributed by atoms with Crippen LogP contribution in [0.15, 0.2) is 48.5 Å². The van der Waals surface area contributed by atoms with Crippen LogP contribution in [-0.4, -0.2) is 35.5 Å². The van der Waals surface area contributed by atoms with Crippen LogP contribution in [-0.2, 0) is 16.9 Å². The molecule has 2 aromatic carbocycles. The normalized spacial score (nSPS) is 19.7. The highest BCUT2D eigenvalue weighted by molar-refractivity contribution is 6.07. The van der Waals surface area contributed by atoms with Crippen LogP contribution in [0.2, 0.25) is 0 Å². The van der Waals surface area contributed by atoms with Crippen molar-refractivity contribution >= 4 is 11.9 Å². The fourth-order valence-electron chi connectivity index (χ4n) is 3.42. The van der Waals surface area contributed by atoms with Gasteiger partial charge in [0.05, 0.1) is 6.67 Å². The zero-order chi connectivity index (χ0) is 19.6. The predicted molar refractivity (Wildman–Crippen MR) is 101 cm³/mol. The standard InChI is InChI=1S/C21H24FN3O2/c1-4-21(17-9-5-15(2)6-10-17)19(26)25(20(27)23-21)14-24(3)13-16-7-11-18(22)12-8-16/h5-12H,4,13-14H2,1-3H3,(H,23,27)/t21-/m1/s1. The minimum atomic E-state index is -1.03. The van der Waals surface area contributed by atoms with Crippen molar-refractivity contribution < 1.29 is 14.0 Å². The van der Waals surface area contributed by atoms with Crippen molar-refractivity contribution in [3.63, 3.8) is 0 Å². The fraction of sp³-hybridized carbons (Fsp3) is 0.333. The number of halogens is 1. The lowest BCUT2D eigenvalue weighted by Gasteiger charge is -2.27. The molecule has 1 fully saturated rings. The van der Waals surface area contributed by atoms with E-state index in [2.05, 4.69) is 5.32 Å². The zero-order valence-corrected chi connectivity index (χ0v) is 15.8. The molecule has 1 heterocycles. The molecule has 0 radical (unpaired) electrons. The molecule has 2 aromatic rings. The van der Waals surface area contributed by atoms with Gasteiger partial charge < -0.3 is 5.32 Å². The molecule has 1 atom stereocenters. The van der Waals surface area contributed by atoms with E-state index in [0.29, 0.717) is 13.0 Å². The molecule has 5 nitrogen and oxygen atoms in total. The van der Waals surface area contributed by atoms with Crippen molar-refractivity contribution in [1.29, 1.82) is 0 Å². The van der Waals surface area contributed by atoms with E-state index in [-0.39, 0.29) is 18.4 Å². The van der Waals surface area contributed by atoms with Gasteiger partial charge in [-0.05, 0) is 43.7 Å². The van der Waals surface area contributed by atoms with Gasteiger partial charge >= 0.3 is 6.03 Å². The number of imide groups is 1. The number of rotatable bonds is 6. The van der Waals surface area contributed by atoms with E-state index in [1.807, 2.05) is 50.1 Å². The summed E-state index contributed by atoms with van der Waals surface area (Å²) in [5, 5.41) is 2.89. The summed E-state index contributed by atoms with van der Waals surface area (Å²) in [5.74, 6) is -0.536. The first-order valence-corrected chi connectivity index (χ1v) is 9.00. The number of aryl methyl sites for hydroxylation is 1. The monoisotopic (exact) mass is 369 g/mol. The summed E-state index contributed by atoms with van der Waals surface area (Å²) in [7, 11) is 1.82. The third-order valence-corrected chi connectivity index (χ3v) is 5.00. The number of hydrogen-bond donors (Lipinski definition) is 1. The maximum absolute atomic E-state index is 13.2. The second-order valence-corrected chi connectivity index (χ2v) is 7.07. The van der Waals surface area contributed by atoms with E-state index in [0.717, 1.165) is 16.7 Å². The molecular formula is C21H24FN3O2. The van der Waals surface area contributed by atoms with Gasteiger partial charge in [0, 0.05) is 6.54 Å². The van der Waals surface area contributed by atoms with E-state index in [4.69, 9.17) is 0 Å². The van der Waals surface area contributed by atoms with Crippen LogP contribution in [0.1, 0.15) is 30.0 Å². The number of urea groups is 1. The van der Waals surface area contributed by atoms with Crippen molar-refractivity contribution in [3.8, 4) is 0 Å². The third kappa shape index (κ3) is 3.71. The Morgan fingerprint density at radius 1 is 1.07 bits per heavy atom. The first-order valence-electron chi connectivity index (χ1n) is 9.00. The highest BCUT2D eigenvalue weighted by Crippen LogP contribution is 2.32. The van der Waals surface area contributed by atoms with E-state index in [1.165, 1.54) is 17.0 Å². The molecule has 1 N–H and O–H groups in total. The van der Waals surface area contributed by atoms with Crippen LogP contribution in [0.5, 0.6) is 0 Å². The molecule has 0 bridgehead atoms. The lowest BCUT2D eigenvalue weighted by Crippen LogP contribution is -2.44. The molecule has 1 aliphatic heterocycles. The molecule has 3 rings (SSSR count). The molecule has 0 aromatic heterocycles. The predicted octanol–water partition coefficient (Wildman–Crippen LogP) is 3.38. The van der Waals surface area contributed by atoms with E-state index in [9.17, 15) is 14.0 Å². The molecule has 1 aliphatic rings. The van der Waals surface area contributed by atoms with Crippen LogP contribution in [0.3, 0.4) is 0 Å². The van der Waals surface area contributed by atoms with Crippen LogP contribution in [0.4, 0.5) is 9.18 Å². The van der Waals surface area contributed by atoms with Gasteiger partial charge in [0.25, 0.3) is 5.91 Å². The number of carbonyl (C=O) groups is 2. The van der Waals surface area contributed by atoms with E-state index in [1.54, 1.807) is 12.1 Å². The number of amides is 3. The highest BCUT2D eigenvalue weighted by Gasteiger charge is 2.51. The minimum absolute atomic E-state index is 0.162. The Morgan fingerprint density at radius 3 is 2.30 bits per heavy atom. The Morgan fingerprint density at radius 2 is 1.70 bits per heavy atom. The summed E-state index contributed by atoms with van der Waals surface area (Å²) in [6.45, 7) is 4.54. The maximum atomic E-state index is 13.2. The molecular weight excluding hydrogens is 345 g/mol. The molecule has 3 amide bonds. The van der Waals surface area contributed by atoms with Gasteiger partial charge in [-0.1, -0.05) is 48.9 Å². The molecule has 142 valence electrons. The van der Waals surface area contributed by atoms with Gasteiger partial charge in [-0.2, -0.15) is 0 Å². The highest BCUT2D eigenvalue weighted by atomic mass is 19.1. The van der Waals surface area contributed by atoms with Crippen molar-refractivity contribution in [2.75, 3.05) is 13.7 Å². The van der Waals surface area contributed by atoms with Crippen molar-refractivity contribution in [1.82, 2.24) is 15.1 Å². The summed E-state index contributed by atoms with van der Waals surface area (Å²) >= 11 is 0. The van der Waals surface area contributed by atoms with Crippen LogP contribution < -0.4 is 5.32 Å². The second-order valence-electron chi connectivity index (χ2n) is 7.07. The van der Waals surface area contributed by atoms with E-state index >= 15 is 0 Å². The molecule has 6 heteroatoms. The van der Waals surface area contributed by atoms with Gasteiger partial charge in [-0.25, -0.2) is 14.1 Å². The third-order valence-electron chi connectivity index (χ3n) is 5.00. The van der Waals surface area contributed by atoms with Gasteiger partial charge in [0.2, 0.25) is 0 Å². The number of carbonyl (C=O) groups excluding carboxylic acids is 2. The molecule has 1 saturated heterocycles. The van der Waals surface area contributed by atoms with Crippen LogP contribution >= 0.6 is 0 Å². The topological polar surface area (TPSA) is 52.7 Å². The number of benzene rings is 2. The van der Waals surface area contributed by atoms with E-state index < -0.39 is 11.6 Å². The molecule has 0 unspecified atom stereocenters. The number of hydrogen-bond acceptors (Lipinski definition) is 3. The average molecular weight is 369 g/mol. The Bertz CT molecular complexity index is 836. The summed E-state index contributed by atoms with van der Waals surface area (Å²) in [6, 6.07) is 13.5. The maximum Gasteiger partial charge on any atom is 0.326 e. The SMILES string of the molecule is CC[C@]1(c2ccc(C)cc2)NC(=O)N(CN(C)Cc2ccc(F)cc2)C1=O. The van der Waals surface area contributed by atoms with Crippen molar-refractivity contribution in [2.24, 2.45) is 0 Å². The minimum Gasteiger partial charge on any atom is -0.319 e. The van der Waals surface area contributed by atoms with Crippen molar-refractivity contribution in [3.05, 3.63) is 71.0 Å². The number of nitrogens with one attached hydrogen (secondary N) is 1. The summed E-state index contributed by atoms with van der Waals surface area (Å²) in [4.78, 5) is 28.8. The summed E-state index contributed by atoms with van der Waals surface area (Å²) < 4.78 is 13.0. The first kappa shape index (κ1) is 19.0. The Kier molecular flexibility index (Phi) is 5.28. The lowest BCUT2D eigenvalue weighted by molar-refractivity contribution is -0.133. The largest absolute Gasteiger partial charge is 0.326 e. The summed E-state index contributed by atoms with van der Waals surface area (Å²) in [6.07, 6.45) is 0.471.